The Balaban J connectivity index is 1.27. The molecule has 0 unspecified atom stereocenters. The second-order valence-electron chi connectivity index (χ2n) is 11.7. The first kappa shape index (κ1) is 24.4. The Hall–Kier alpha value is -6.06. The standard InChI is InChI=1S/C42H25NO2/c1-2-11-27(12-3-1)43(35-17-10-20-38-41(35)33-16-7-8-18-36(33)44-38)28-22-24-29-26(25-28)21-23-34-39(29)30-13-4-5-14-31(30)40-32-15-6-9-19-37(32)45-42(34)40/h1-25H. The van der Waals surface area contributed by atoms with E-state index in [4.69, 9.17) is 8.83 Å². The molecule has 10 aromatic rings. The van der Waals surface area contributed by atoms with Gasteiger partial charge in [-0.05, 0) is 76.1 Å². The van der Waals surface area contributed by atoms with Crippen molar-refractivity contribution < 1.29 is 8.83 Å². The van der Waals surface area contributed by atoms with E-state index in [-0.39, 0.29) is 0 Å². The van der Waals surface area contributed by atoms with Gasteiger partial charge < -0.3 is 13.7 Å². The van der Waals surface area contributed by atoms with Crippen LogP contribution in [0.3, 0.4) is 0 Å². The van der Waals surface area contributed by atoms with Crippen molar-refractivity contribution >= 4 is 93.3 Å². The van der Waals surface area contributed by atoms with Crippen LogP contribution in [0.4, 0.5) is 17.1 Å². The number of hydrogen-bond acceptors (Lipinski definition) is 3. The molecule has 0 atom stereocenters. The first-order valence-electron chi connectivity index (χ1n) is 15.3. The number of hydrogen-bond donors (Lipinski definition) is 0. The van der Waals surface area contributed by atoms with Crippen molar-refractivity contribution in [2.75, 3.05) is 4.90 Å². The zero-order valence-corrected chi connectivity index (χ0v) is 24.2. The van der Waals surface area contributed by atoms with Gasteiger partial charge in [-0.25, -0.2) is 0 Å². The Morgan fingerprint density at radius 2 is 0.978 bits per heavy atom. The van der Waals surface area contributed by atoms with Crippen LogP contribution in [0.5, 0.6) is 0 Å². The Kier molecular flexibility index (Phi) is 5.00. The highest BCUT2D eigenvalue weighted by molar-refractivity contribution is 6.34. The van der Waals surface area contributed by atoms with Crippen LogP contribution in [0.25, 0.3) is 76.2 Å². The molecule has 2 aromatic heterocycles. The Bertz CT molecular complexity index is 2770. The highest BCUT2D eigenvalue weighted by Gasteiger charge is 2.21. The molecule has 0 aliphatic heterocycles. The minimum Gasteiger partial charge on any atom is -0.456 e. The van der Waals surface area contributed by atoms with Crippen LogP contribution >= 0.6 is 0 Å². The van der Waals surface area contributed by atoms with Crippen molar-refractivity contribution in [3.63, 3.8) is 0 Å². The first-order chi connectivity index (χ1) is 22.3. The number of rotatable bonds is 3. The van der Waals surface area contributed by atoms with Gasteiger partial charge in [0.25, 0.3) is 0 Å². The van der Waals surface area contributed by atoms with E-state index in [1.54, 1.807) is 0 Å². The summed E-state index contributed by atoms with van der Waals surface area (Å²) in [6.07, 6.45) is 0. The molecule has 3 heteroatoms. The number of fused-ring (bicyclic) bond motifs is 13. The van der Waals surface area contributed by atoms with E-state index in [2.05, 4.69) is 138 Å². The SMILES string of the molecule is c1ccc(N(c2ccc3c(ccc4c5oc6ccccc6c5c5ccccc5c34)c2)c2cccc3oc4ccccc4c23)cc1. The largest absolute Gasteiger partial charge is 0.456 e. The van der Waals surface area contributed by atoms with Crippen molar-refractivity contribution in [3.05, 3.63) is 152 Å². The van der Waals surface area contributed by atoms with Gasteiger partial charge in [0, 0.05) is 38.3 Å². The van der Waals surface area contributed by atoms with Gasteiger partial charge in [-0.1, -0.05) is 97.1 Å². The molecule has 210 valence electrons. The summed E-state index contributed by atoms with van der Waals surface area (Å²) in [7, 11) is 0. The molecule has 2 heterocycles. The minimum atomic E-state index is 0.878. The fraction of sp³-hybridized carbons (Fsp3) is 0. The summed E-state index contributed by atoms with van der Waals surface area (Å²) in [5.41, 5.74) is 6.88. The number of furan rings is 2. The van der Waals surface area contributed by atoms with Crippen molar-refractivity contribution in [1.82, 2.24) is 0 Å². The van der Waals surface area contributed by atoms with E-state index in [0.717, 1.165) is 60.9 Å². The Labute approximate surface area is 258 Å². The maximum absolute atomic E-state index is 6.55. The van der Waals surface area contributed by atoms with E-state index >= 15 is 0 Å². The highest BCUT2D eigenvalue weighted by atomic mass is 16.3. The normalized spacial score (nSPS) is 12.0. The van der Waals surface area contributed by atoms with Gasteiger partial charge in [0.15, 0.2) is 0 Å². The summed E-state index contributed by atoms with van der Waals surface area (Å²) in [4.78, 5) is 2.34. The van der Waals surface area contributed by atoms with Crippen molar-refractivity contribution in [2.45, 2.75) is 0 Å². The molecule has 0 amide bonds. The van der Waals surface area contributed by atoms with Crippen molar-refractivity contribution in [3.8, 4) is 0 Å². The molecule has 0 spiro atoms. The molecule has 0 saturated carbocycles. The lowest BCUT2D eigenvalue weighted by atomic mass is 9.93. The van der Waals surface area contributed by atoms with E-state index in [1.807, 2.05) is 18.2 Å². The predicted molar refractivity (Wildman–Crippen MR) is 188 cm³/mol. The van der Waals surface area contributed by atoms with E-state index in [1.165, 1.54) is 32.3 Å². The molecule has 0 N–H and O–H groups in total. The summed E-state index contributed by atoms with van der Waals surface area (Å²) in [6, 6.07) is 53.5. The third-order valence-electron chi connectivity index (χ3n) is 9.20. The molecule has 0 aliphatic carbocycles. The monoisotopic (exact) mass is 575 g/mol. The van der Waals surface area contributed by atoms with E-state index in [9.17, 15) is 0 Å². The molecule has 8 aromatic carbocycles. The summed E-state index contributed by atoms with van der Waals surface area (Å²) in [5, 5.41) is 11.7. The number of para-hydroxylation sites is 3. The zero-order valence-electron chi connectivity index (χ0n) is 24.2. The molecule has 0 bridgehead atoms. The van der Waals surface area contributed by atoms with Gasteiger partial charge in [-0.3, -0.25) is 0 Å². The molecule has 0 aliphatic rings. The summed E-state index contributed by atoms with van der Waals surface area (Å²) in [5.74, 6) is 0. The maximum atomic E-state index is 6.55. The molecular weight excluding hydrogens is 550 g/mol. The summed E-state index contributed by atoms with van der Waals surface area (Å²) in [6.45, 7) is 0. The molecule has 3 nitrogen and oxygen atoms in total. The zero-order chi connectivity index (χ0) is 29.5. The van der Waals surface area contributed by atoms with Gasteiger partial charge in [0.1, 0.15) is 22.3 Å². The molecule has 0 fully saturated rings. The molecular formula is C42H25NO2. The average molecular weight is 576 g/mol. The van der Waals surface area contributed by atoms with Crippen LogP contribution in [0.15, 0.2) is 160 Å². The van der Waals surface area contributed by atoms with E-state index < -0.39 is 0 Å². The molecule has 0 radical (unpaired) electrons. The highest BCUT2D eigenvalue weighted by Crippen LogP contribution is 2.46. The third kappa shape index (κ3) is 3.46. The topological polar surface area (TPSA) is 29.5 Å². The fourth-order valence-electron chi connectivity index (χ4n) is 7.30. The predicted octanol–water partition coefficient (Wildman–Crippen LogP) is 12.4. The molecule has 45 heavy (non-hydrogen) atoms. The lowest BCUT2D eigenvalue weighted by Crippen LogP contribution is -2.10. The van der Waals surface area contributed by atoms with Gasteiger partial charge in [-0.2, -0.15) is 0 Å². The first-order valence-corrected chi connectivity index (χ1v) is 15.3. The van der Waals surface area contributed by atoms with Crippen LogP contribution < -0.4 is 4.90 Å². The number of anilines is 3. The van der Waals surface area contributed by atoms with Crippen LogP contribution in [0.2, 0.25) is 0 Å². The van der Waals surface area contributed by atoms with Crippen molar-refractivity contribution in [2.24, 2.45) is 0 Å². The second kappa shape index (κ2) is 9.22. The Morgan fingerprint density at radius 1 is 0.356 bits per heavy atom. The fourth-order valence-corrected chi connectivity index (χ4v) is 7.30. The van der Waals surface area contributed by atoms with Gasteiger partial charge >= 0.3 is 0 Å². The Morgan fingerprint density at radius 3 is 1.78 bits per heavy atom. The van der Waals surface area contributed by atoms with Gasteiger partial charge in [0.2, 0.25) is 0 Å². The number of benzene rings is 8. The van der Waals surface area contributed by atoms with Crippen LogP contribution in [0, 0.1) is 0 Å². The quantitative estimate of drug-likeness (QED) is 0.196. The van der Waals surface area contributed by atoms with Gasteiger partial charge in [-0.15, -0.1) is 0 Å². The van der Waals surface area contributed by atoms with E-state index in [0.29, 0.717) is 0 Å². The van der Waals surface area contributed by atoms with Crippen molar-refractivity contribution in [1.29, 1.82) is 0 Å². The minimum absolute atomic E-state index is 0.878. The summed E-state index contributed by atoms with van der Waals surface area (Å²) >= 11 is 0. The average Bonchev–Trinajstić information content (AvgIpc) is 3.68. The lowest BCUT2D eigenvalue weighted by molar-refractivity contribution is 0.669. The second-order valence-corrected chi connectivity index (χ2v) is 11.7. The molecule has 10 rings (SSSR count). The number of nitrogens with zero attached hydrogens (tertiary/aromatic N) is 1. The summed E-state index contributed by atoms with van der Waals surface area (Å²) < 4.78 is 12.8. The van der Waals surface area contributed by atoms with Crippen LogP contribution in [-0.2, 0) is 0 Å². The van der Waals surface area contributed by atoms with Gasteiger partial charge in [0.05, 0.1) is 11.1 Å². The smallest absolute Gasteiger partial charge is 0.143 e. The van der Waals surface area contributed by atoms with Crippen LogP contribution in [0.1, 0.15) is 0 Å². The maximum Gasteiger partial charge on any atom is 0.143 e. The molecule has 0 saturated heterocycles. The lowest BCUT2D eigenvalue weighted by Gasteiger charge is -2.26. The third-order valence-corrected chi connectivity index (χ3v) is 9.20. The van der Waals surface area contributed by atoms with Crippen LogP contribution in [-0.4, -0.2) is 0 Å².